The van der Waals surface area contributed by atoms with Crippen molar-refractivity contribution in [2.24, 2.45) is 17.8 Å². The molecule has 0 aliphatic rings. The molecule has 0 bridgehead atoms. The van der Waals surface area contributed by atoms with Gasteiger partial charge in [0.2, 0.25) is 11.8 Å². The predicted molar refractivity (Wildman–Crippen MR) is 66.8 cm³/mol. The summed E-state index contributed by atoms with van der Waals surface area (Å²) in [5.74, 6) is -2.82. The summed E-state index contributed by atoms with van der Waals surface area (Å²) in [7, 11) is 0. The number of aliphatic carboxylic acids is 1. The molecule has 0 saturated heterocycles. The SMILES string of the molecule is CC(C)CNC(=O)CNC(=O)C(C)C(C)C(=O)O. The third kappa shape index (κ3) is 6.22. The van der Waals surface area contributed by atoms with Crippen molar-refractivity contribution in [1.82, 2.24) is 10.6 Å². The Balaban J connectivity index is 4.03. The van der Waals surface area contributed by atoms with Gasteiger partial charge in [-0.15, -0.1) is 0 Å². The van der Waals surface area contributed by atoms with Crippen LogP contribution in [0, 0.1) is 17.8 Å². The van der Waals surface area contributed by atoms with Gasteiger partial charge in [0, 0.05) is 12.5 Å². The van der Waals surface area contributed by atoms with Crippen molar-refractivity contribution in [3.8, 4) is 0 Å². The average Bonchev–Trinajstić information content (AvgIpc) is 2.31. The van der Waals surface area contributed by atoms with Gasteiger partial charge >= 0.3 is 5.97 Å². The highest BCUT2D eigenvalue weighted by Crippen LogP contribution is 2.10. The van der Waals surface area contributed by atoms with E-state index in [1.54, 1.807) is 0 Å². The molecule has 0 aliphatic heterocycles. The van der Waals surface area contributed by atoms with E-state index in [9.17, 15) is 14.4 Å². The second-order valence-electron chi connectivity index (χ2n) is 4.83. The molecule has 0 aliphatic carbocycles. The molecule has 6 heteroatoms. The monoisotopic (exact) mass is 258 g/mol. The third-order valence-electron chi connectivity index (χ3n) is 2.68. The van der Waals surface area contributed by atoms with Crippen molar-refractivity contribution in [1.29, 1.82) is 0 Å². The van der Waals surface area contributed by atoms with Gasteiger partial charge in [-0.1, -0.05) is 27.7 Å². The second-order valence-corrected chi connectivity index (χ2v) is 4.83. The lowest BCUT2D eigenvalue weighted by Crippen LogP contribution is -2.42. The van der Waals surface area contributed by atoms with Crippen molar-refractivity contribution < 1.29 is 19.5 Å². The Morgan fingerprint density at radius 1 is 1.00 bits per heavy atom. The van der Waals surface area contributed by atoms with E-state index in [4.69, 9.17) is 5.11 Å². The molecule has 0 aromatic heterocycles. The fourth-order valence-electron chi connectivity index (χ4n) is 1.15. The van der Waals surface area contributed by atoms with Crippen LogP contribution in [0.15, 0.2) is 0 Å². The molecule has 0 heterocycles. The first-order valence-electron chi connectivity index (χ1n) is 6.02. The smallest absolute Gasteiger partial charge is 0.307 e. The van der Waals surface area contributed by atoms with Crippen molar-refractivity contribution in [3.05, 3.63) is 0 Å². The zero-order valence-electron chi connectivity index (χ0n) is 11.3. The van der Waals surface area contributed by atoms with E-state index in [-0.39, 0.29) is 12.5 Å². The number of carboxylic acid groups (broad SMARTS) is 1. The van der Waals surface area contributed by atoms with E-state index in [2.05, 4.69) is 10.6 Å². The Morgan fingerprint density at radius 3 is 2.00 bits per heavy atom. The fraction of sp³-hybridized carbons (Fsp3) is 0.750. The van der Waals surface area contributed by atoms with Crippen LogP contribution in [0.2, 0.25) is 0 Å². The van der Waals surface area contributed by atoms with E-state index < -0.39 is 23.7 Å². The lowest BCUT2D eigenvalue weighted by Gasteiger charge is -2.15. The minimum atomic E-state index is -1.03. The fourth-order valence-corrected chi connectivity index (χ4v) is 1.15. The van der Waals surface area contributed by atoms with Crippen LogP contribution in [0.3, 0.4) is 0 Å². The minimum Gasteiger partial charge on any atom is -0.481 e. The van der Waals surface area contributed by atoms with Gasteiger partial charge < -0.3 is 15.7 Å². The van der Waals surface area contributed by atoms with Gasteiger partial charge in [-0.05, 0) is 5.92 Å². The van der Waals surface area contributed by atoms with Gasteiger partial charge in [-0.3, -0.25) is 14.4 Å². The molecule has 2 atom stereocenters. The Bertz CT molecular complexity index is 315. The Morgan fingerprint density at radius 2 is 1.56 bits per heavy atom. The van der Waals surface area contributed by atoms with Crippen LogP contribution in [-0.2, 0) is 14.4 Å². The lowest BCUT2D eigenvalue weighted by molar-refractivity contribution is -0.146. The zero-order valence-corrected chi connectivity index (χ0v) is 11.3. The first kappa shape index (κ1) is 16.4. The molecule has 0 saturated carbocycles. The summed E-state index contributed by atoms with van der Waals surface area (Å²) in [5, 5.41) is 13.9. The molecule has 0 rings (SSSR count). The molecule has 104 valence electrons. The molecule has 3 N–H and O–H groups in total. The summed E-state index contributed by atoms with van der Waals surface area (Å²) in [4.78, 5) is 33.6. The Hall–Kier alpha value is -1.59. The van der Waals surface area contributed by atoms with Gasteiger partial charge in [0.05, 0.1) is 12.5 Å². The summed E-state index contributed by atoms with van der Waals surface area (Å²) in [6.07, 6.45) is 0. The van der Waals surface area contributed by atoms with Gasteiger partial charge in [0.1, 0.15) is 0 Å². The highest BCUT2D eigenvalue weighted by Gasteiger charge is 2.25. The van der Waals surface area contributed by atoms with Crippen molar-refractivity contribution in [2.45, 2.75) is 27.7 Å². The minimum absolute atomic E-state index is 0.123. The maximum atomic E-state index is 11.6. The van der Waals surface area contributed by atoms with Crippen molar-refractivity contribution in [2.75, 3.05) is 13.1 Å². The topological polar surface area (TPSA) is 95.5 Å². The summed E-state index contributed by atoms with van der Waals surface area (Å²) < 4.78 is 0. The first-order valence-corrected chi connectivity index (χ1v) is 6.02. The summed E-state index contributed by atoms with van der Waals surface area (Å²) in [6, 6.07) is 0. The average molecular weight is 258 g/mol. The summed E-state index contributed by atoms with van der Waals surface area (Å²) in [6.45, 7) is 7.36. The second kappa shape index (κ2) is 7.68. The maximum Gasteiger partial charge on any atom is 0.307 e. The lowest BCUT2D eigenvalue weighted by atomic mass is 9.95. The van der Waals surface area contributed by atoms with E-state index in [1.165, 1.54) is 13.8 Å². The number of carbonyl (C=O) groups excluding carboxylic acids is 2. The Kier molecular flexibility index (Phi) is 7.00. The molecule has 0 radical (unpaired) electrons. The third-order valence-corrected chi connectivity index (χ3v) is 2.68. The first-order chi connectivity index (χ1) is 8.25. The molecule has 0 fully saturated rings. The van der Waals surface area contributed by atoms with Crippen LogP contribution in [0.1, 0.15) is 27.7 Å². The Labute approximate surface area is 107 Å². The molecule has 2 unspecified atom stereocenters. The maximum absolute atomic E-state index is 11.6. The molecule has 0 aromatic carbocycles. The molecule has 18 heavy (non-hydrogen) atoms. The summed E-state index contributed by atoms with van der Waals surface area (Å²) in [5.41, 5.74) is 0. The van der Waals surface area contributed by atoms with Gasteiger partial charge in [0.15, 0.2) is 0 Å². The molecular weight excluding hydrogens is 236 g/mol. The standard InChI is InChI=1S/C12H22N2O4/c1-7(2)5-13-10(15)6-14-11(16)8(3)9(4)12(17)18/h7-9H,5-6H2,1-4H3,(H,13,15)(H,14,16)(H,17,18). The molecule has 0 spiro atoms. The number of rotatable bonds is 7. The van der Waals surface area contributed by atoms with Crippen LogP contribution in [0.5, 0.6) is 0 Å². The summed E-state index contributed by atoms with van der Waals surface area (Å²) >= 11 is 0. The molecular formula is C12H22N2O4. The van der Waals surface area contributed by atoms with Crippen LogP contribution in [-0.4, -0.2) is 36.0 Å². The van der Waals surface area contributed by atoms with Crippen LogP contribution >= 0.6 is 0 Å². The highest BCUT2D eigenvalue weighted by atomic mass is 16.4. The van der Waals surface area contributed by atoms with E-state index in [1.807, 2.05) is 13.8 Å². The molecule has 0 aromatic rings. The number of hydrogen-bond acceptors (Lipinski definition) is 3. The van der Waals surface area contributed by atoms with Crippen molar-refractivity contribution in [3.63, 3.8) is 0 Å². The largest absolute Gasteiger partial charge is 0.481 e. The number of amides is 2. The molecule has 6 nitrogen and oxygen atoms in total. The van der Waals surface area contributed by atoms with E-state index in [0.717, 1.165) is 0 Å². The van der Waals surface area contributed by atoms with E-state index in [0.29, 0.717) is 12.5 Å². The normalized spacial score (nSPS) is 13.8. The zero-order chi connectivity index (χ0) is 14.3. The number of nitrogens with one attached hydrogen (secondary N) is 2. The quantitative estimate of drug-likeness (QED) is 0.609. The van der Waals surface area contributed by atoms with Gasteiger partial charge in [0.25, 0.3) is 0 Å². The van der Waals surface area contributed by atoms with Gasteiger partial charge in [-0.25, -0.2) is 0 Å². The van der Waals surface area contributed by atoms with E-state index >= 15 is 0 Å². The molecule has 2 amide bonds. The predicted octanol–water partition coefficient (Wildman–Crippen LogP) is 0.232. The van der Waals surface area contributed by atoms with Gasteiger partial charge in [-0.2, -0.15) is 0 Å². The van der Waals surface area contributed by atoms with Crippen LogP contribution in [0.25, 0.3) is 0 Å². The number of carbonyl (C=O) groups is 3. The highest BCUT2D eigenvalue weighted by molar-refractivity contribution is 5.88. The van der Waals surface area contributed by atoms with Crippen LogP contribution < -0.4 is 10.6 Å². The van der Waals surface area contributed by atoms with Crippen LogP contribution in [0.4, 0.5) is 0 Å². The van der Waals surface area contributed by atoms with Crippen molar-refractivity contribution >= 4 is 17.8 Å². The number of carboxylic acids is 1. The number of hydrogen-bond donors (Lipinski definition) is 3.